The summed E-state index contributed by atoms with van der Waals surface area (Å²) in [6.45, 7) is 4.44. The summed E-state index contributed by atoms with van der Waals surface area (Å²) in [4.78, 5) is 14.0. The highest BCUT2D eigenvalue weighted by molar-refractivity contribution is 5.06. The Balaban J connectivity index is 0.00000180. The van der Waals surface area contributed by atoms with Crippen LogP contribution in [0.15, 0.2) is 12.4 Å². The first kappa shape index (κ1) is 16.4. The van der Waals surface area contributed by atoms with E-state index in [-0.39, 0.29) is 29.9 Å². The van der Waals surface area contributed by atoms with E-state index < -0.39 is 4.92 Å². The van der Waals surface area contributed by atoms with Gasteiger partial charge in [-0.05, 0) is 17.8 Å². The monoisotopic (exact) mass is 380 g/mol. The minimum absolute atomic E-state index is 0. The third-order valence-corrected chi connectivity index (χ3v) is 3.85. The molecule has 0 spiro atoms. The summed E-state index contributed by atoms with van der Waals surface area (Å²) < 4.78 is 2.80. The molecule has 1 aromatic heterocycles. The second-order valence-corrected chi connectivity index (χ2v) is 5.38. The van der Waals surface area contributed by atoms with Gasteiger partial charge in [0.2, 0.25) is 0 Å². The molecule has 1 aliphatic heterocycles. The number of aryl methyl sites for hydroxylation is 1. The lowest BCUT2D eigenvalue weighted by Gasteiger charge is -2.28. The van der Waals surface area contributed by atoms with E-state index in [9.17, 15) is 10.1 Å². The van der Waals surface area contributed by atoms with Crippen molar-refractivity contribution in [1.29, 1.82) is 0 Å². The lowest BCUT2D eigenvalue weighted by molar-refractivity contribution is -0.897. The molecule has 1 fully saturated rings. The molecule has 1 aliphatic rings. The van der Waals surface area contributed by atoms with Crippen LogP contribution in [-0.4, -0.2) is 45.6 Å². The summed E-state index contributed by atoms with van der Waals surface area (Å²) in [5, 5.41) is 10.7. The first-order chi connectivity index (χ1) is 8.61. The van der Waals surface area contributed by atoms with Crippen molar-refractivity contribution in [3.05, 3.63) is 22.5 Å². The van der Waals surface area contributed by atoms with E-state index in [0.717, 1.165) is 12.8 Å². The van der Waals surface area contributed by atoms with Gasteiger partial charge in [0.25, 0.3) is 0 Å². The summed E-state index contributed by atoms with van der Waals surface area (Å²) >= 11 is 0. The summed E-state index contributed by atoms with van der Waals surface area (Å²) in [5.41, 5.74) is 0. The highest BCUT2D eigenvalue weighted by Crippen LogP contribution is 2.17. The number of hydrogen-bond donors (Lipinski definition) is 0. The van der Waals surface area contributed by atoms with Crippen LogP contribution in [0.4, 0.5) is 5.95 Å². The second kappa shape index (κ2) is 7.18. The fourth-order valence-electron chi connectivity index (χ4n) is 2.75. The molecular formula is C12H21IN4O2. The molecular weight excluding hydrogens is 359 g/mol. The SMILES string of the molecule is C[N+]1(CCCCn2ccnc2[N+](=O)[O-])CCCC1.[I-]. The first-order valence-electron chi connectivity index (χ1n) is 6.60. The molecule has 19 heavy (non-hydrogen) atoms. The van der Waals surface area contributed by atoms with E-state index in [1.54, 1.807) is 10.8 Å². The number of halogens is 1. The van der Waals surface area contributed by atoms with Crippen LogP contribution in [0.5, 0.6) is 0 Å². The molecule has 0 unspecified atom stereocenters. The molecule has 0 bridgehead atoms. The molecule has 0 aliphatic carbocycles. The van der Waals surface area contributed by atoms with Gasteiger partial charge in [0.15, 0.2) is 0 Å². The number of nitrogens with zero attached hydrogens (tertiary/aromatic N) is 4. The Bertz CT molecular complexity index is 416. The minimum Gasteiger partial charge on any atom is -1.00 e. The van der Waals surface area contributed by atoms with Crippen molar-refractivity contribution in [2.45, 2.75) is 32.2 Å². The van der Waals surface area contributed by atoms with Crippen molar-refractivity contribution in [2.75, 3.05) is 26.7 Å². The molecule has 0 atom stereocenters. The van der Waals surface area contributed by atoms with E-state index in [1.807, 2.05) is 0 Å². The highest BCUT2D eigenvalue weighted by atomic mass is 127. The third kappa shape index (κ3) is 4.41. The average Bonchev–Trinajstić information content (AvgIpc) is 2.94. The largest absolute Gasteiger partial charge is 1.00 e. The van der Waals surface area contributed by atoms with Gasteiger partial charge in [0.1, 0.15) is 12.4 Å². The van der Waals surface area contributed by atoms with Crippen molar-refractivity contribution < 1.29 is 33.4 Å². The molecule has 108 valence electrons. The van der Waals surface area contributed by atoms with Crippen LogP contribution in [-0.2, 0) is 6.54 Å². The Labute approximate surface area is 130 Å². The molecule has 2 rings (SSSR count). The summed E-state index contributed by atoms with van der Waals surface area (Å²) in [6, 6.07) is 0. The zero-order valence-corrected chi connectivity index (χ0v) is 13.5. The number of likely N-dealkylation sites (tertiary alicyclic amines) is 1. The molecule has 7 heteroatoms. The fourth-order valence-corrected chi connectivity index (χ4v) is 2.75. The lowest BCUT2D eigenvalue weighted by atomic mass is 10.2. The van der Waals surface area contributed by atoms with Crippen LogP contribution in [0.25, 0.3) is 0 Å². The van der Waals surface area contributed by atoms with Gasteiger partial charge in [-0.15, -0.1) is 0 Å². The minimum atomic E-state index is -0.422. The molecule has 0 radical (unpaired) electrons. The molecule has 0 aromatic carbocycles. The lowest BCUT2D eigenvalue weighted by Crippen LogP contribution is -3.00. The summed E-state index contributed by atoms with van der Waals surface area (Å²) in [7, 11) is 2.31. The predicted octanol–water partition coefficient (Wildman–Crippen LogP) is -1.18. The Morgan fingerprint density at radius 2 is 2.11 bits per heavy atom. The number of nitro groups is 1. The molecule has 2 heterocycles. The third-order valence-electron chi connectivity index (χ3n) is 3.85. The molecule has 6 nitrogen and oxygen atoms in total. The van der Waals surface area contributed by atoms with Crippen molar-refractivity contribution in [2.24, 2.45) is 0 Å². The number of aromatic nitrogens is 2. The number of unbranched alkanes of at least 4 members (excludes halogenated alkanes) is 1. The van der Waals surface area contributed by atoms with Crippen LogP contribution in [0.2, 0.25) is 0 Å². The van der Waals surface area contributed by atoms with Crippen molar-refractivity contribution >= 4 is 5.95 Å². The molecule has 1 aromatic rings. The van der Waals surface area contributed by atoms with Crippen molar-refractivity contribution in [3.8, 4) is 0 Å². The van der Waals surface area contributed by atoms with E-state index >= 15 is 0 Å². The van der Waals surface area contributed by atoms with E-state index in [0.29, 0.717) is 6.54 Å². The number of rotatable bonds is 6. The van der Waals surface area contributed by atoms with E-state index in [2.05, 4.69) is 12.0 Å². The molecule has 0 saturated carbocycles. The van der Waals surface area contributed by atoms with Crippen molar-refractivity contribution in [1.82, 2.24) is 9.55 Å². The van der Waals surface area contributed by atoms with Crippen LogP contribution in [0, 0.1) is 10.1 Å². The Morgan fingerprint density at radius 3 is 2.74 bits per heavy atom. The van der Waals surface area contributed by atoms with Gasteiger partial charge in [0, 0.05) is 12.8 Å². The van der Waals surface area contributed by atoms with Gasteiger partial charge in [0.05, 0.1) is 33.2 Å². The fraction of sp³-hybridized carbons (Fsp3) is 0.750. The molecule has 0 amide bonds. The Kier molecular flexibility index (Phi) is 6.18. The molecule has 0 N–H and O–H groups in total. The zero-order valence-electron chi connectivity index (χ0n) is 11.3. The van der Waals surface area contributed by atoms with Gasteiger partial charge in [-0.25, -0.2) is 4.57 Å². The van der Waals surface area contributed by atoms with Crippen molar-refractivity contribution in [3.63, 3.8) is 0 Å². The standard InChI is InChI=1S/C12H21N4O2.HI/c1-16(10-4-5-11-16)9-3-2-7-14-8-6-13-12(14)15(17)18;/h6,8H,2-5,7,9-11H2,1H3;1H/q+1;/p-1. The number of imidazole rings is 1. The second-order valence-electron chi connectivity index (χ2n) is 5.38. The van der Waals surface area contributed by atoms with Crippen LogP contribution in [0.3, 0.4) is 0 Å². The Morgan fingerprint density at radius 1 is 1.42 bits per heavy atom. The topological polar surface area (TPSA) is 61.0 Å². The van der Waals surface area contributed by atoms with Crippen LogP contribution >= 0.6 is 0 Å². The summed E-state index contributed by atoms with van der Waals surface area (Å²) in [6.07, 6.45) is 7.95. The maximum absolute atomic E-state index is 10.7. The maximum atomic E-state index is 10.7. The van der Waals surface area contributed by atoms with Gasteiger partial charge in [-0.1, -0.05) is 4.98 Å². The highest BCUT2D eigenvalue weighted by Gasteiger charge is 2.25. The quantitative estimate of drug-likeness (QED) is 0.205. The normalized spacial score (nSPS) is 17.1. The van der Waals surface area contributed by atoms with Crippen LogP contribution < -0.4 is 24.0 Å². The van der Waals surface area contributed by atoms with E-state index in [4.69, 9.17) is 0 Å². The smallest absolute Gasteiger partial charge is 0.434 e. The first-order valence-corrected chi connectivity index (χ1v) is 6.60. The van der Waals surface area contributed by atoms with Gasteiger partial charge < -0.3 is 38.6 Å². The maximum Gasteiger partial charge on any atom is 0.434 e. The summed E-state index contributed by atoms with van der Waals surface area (Å²) in [5.74, 6) is -0.0448. The van der Waals surface area contributed by atoms with Gasteiger partial charge in [-0.2, -0.15) is 0 Å². The van der Waals surface area contributed by atoms with Gasteiger partial charge in [-0.3, -0.25) is 0 Å². The zero-order chi connectivity index (χ0) is 13.0. The molecule has 1 saturated heterocycles. The van der Waals surface area contributed by atoms with E-state index in [1.165, 1.54) is 43.2 Å². The predicted molar refractivity (Wildman–Crippen MR) is 68.1 cm³/mol. The number of hydrogen-bond acceptors (Lipinski definition) is 3. The number of quaternary nitrogens is 1. The Hall–Kier alpha value is -0.700. The van der Waals surface area contributed by atoms with Gasteiger partial charge >= 0.3 is 5.95 Å². The van der Waals surface area contributed by atoms with Crippen LogP contribution in [0.1, 0.15) is 25.7 Å². The average molecular weight is 380 g/mol.